The number of fused-ring (bicyclic) bond motifs is 2. The summed E-state index contributed by atoms with van der Waals surface area (Å²) in [4.78, 5) is 15.5. The van der Waals surface area contributed by atoms with Gasteiger partial charge in [0.1, 0.15) is 0 Å². The number of nitrogens with one attached hydrogen (secondary N) is 1. The largest absolute Gasteiger partial charge is 0.433 e. The van der Waals surface area contributed by atoms with Crippen LogP contribution in [0.4, 0.5) is 4.79 Å². The van der Waals surface area contributed by atoms with E-state index in [-0.39, 0.29) is 17.2 Å². The molecule has 0 unspecified atom stereocenters. The van der Waals surface area contributed by atoms with Gasteiger partial charge in [-0.1, -0.05) is 5.16 Å². The summed E-state index contributed by atoms with van der Waals surface area (Å²) in [6.07, 6.45) is 1.09. The Morgan fingerprint density at radius 1 is 1.69 bits per heavy atom. The molecule has 86 valence electrons. The Morgan fingerprint density at radius 3 is 3.00 bits per heavy atom. The lowest BCUT2D eigenvalue weighted by Crippen LogP contribution is -2.29. The molecule has 5 nitrogen and oxygen atoms in total. The Labute approximate surface area is 98.4 Å². The summed E-state index contributed by atoms with van der Waals surface area (Å²) >= 11 is 6.17. The van der Waals surface area contributed by atoms with E-state index in [1.54, 1.807) is 0 Å². The van der Waals surface area contributed by atoms with Gasteiger partial charge in [-0.25, -0.2) is 4.79 Å². The van der Waals surface area contributed by atoms with Crippen LogP contribution in [0, 0.1) is 29.1 Å². The molecule has 16 heavy (non-hydrogen) atoms. The van der Waals surface area contributed by atoms with Gasteiger partial charge in [-0.05, 0) is 18.8 Å². The fourth-order valence-corrected chi connectivity index (χ4v) is 2.90. The predicted molar refractivity (Wildman–Crippen MR) is 57.9 cm³/mol. The minimum Gasteiger partial charge on any atom is -0.323 e. The molecule has 0 heterocycles. The van der Waals surface area contributed by atoms with Crippen molar-refractivity contribution in [1.29, 1.82) is 5.26 Å². The maximum atomic E-state index is 10.9. The first kappa shape index (κ1) is 11.2. The number of alkyl halides is 1. The summed E-state index contributed by atoms with van der Waals surface area (Å²) < 4.78 is 0. The van der Waals surface area contributed by atoms with Crippen LogP contribution in [-0.4, -0.2) is 24.2 Å². The SMILES string of the molecule is CNC(=O)ON=C1[C@@H](Cl)[C@@H]2C[C@H](C#N)[C@H]1C2. The smallest absolute Gasteiger partial charge is 0.323 e. The van der Waals surface area contributed by atoms with Crippen LogP contribution in [-0.2, 0) is 4.84 Å². The standard InChI is InChI=1S/C10H12ClN3O2/c1-13-10(15)16-14-9-7-3-5(8(9)11)2-6(7)4-12/h5-8H,2-3H2,1H3,(H,13,15)/t5-,6-,7-,8+/m1/s1. The molecule has 2 fully saturated rings. The summed E-state index contributed by atoms with van der Waals surface area (Å²) in [5.74, 6) is 0.317. The van der Waals surface area contributed by atoms with Crippen LogP contribution in [0.25, 0.3) is 0 Å². The Kier molecular flexibility index (Phi) is 3.01. The van der Waals surface area contributed by atoms with Crippen molar-refractivity contribution < 1.29 is 9.63 Å². The van der Waals surface area contributed by atoms with Crippen molar-refractivity contribution in [3.63, 3.8) is 0 Å². The molecule has 0 radical (unpaired) electrons. The highest BCUT2D eigenvalue weighted by atomic mass is 35.5. The van der Waals surface area contributed by atoms with Crippen LogP contribution in [0.5, 0.6) is 0 Å². The van der Waals surface area contributed by atoms with Gasteiger partial charge in [0.25, 0.3) is 0 Å². The fourth-order valence-electron chi connectivity index (χ4n) is 2.49. The van der Waals surface area contributed by atoms with E-state index >= 15 is 0 Å². The maximum absolute atomic E-state index is 10.9. The molecule has 1 amide bonds. The Morgan fingerprint density at radius 2 is 2.44 bits per heavy atom. The van der Waals surface area contributed by atoms with Gasteiger partial charge in [-0.15, -0.1) is 11.6 Å². The molecule has 2 bridgehead atoms. The highest BCUT2D eigenvalue weighted by Crippen LogP contribution is 2.48. The molecule has 6 heteroatoms. The topological polar surface area (TPSA) is 74.5 Å². The number of hydrogen-bond acceptors (Lipinski definition) is 4. The molecule has 2 aliphatic rings. The molecular weight excluding hydrogens is 230 g/mol. The second kappa shape index (κ2) is 4.30. The summed E-state index contributed by atoms with van der Waals surface area (Å²) in [7, 11) is 1.46. The molecule has 0 aliphatic heterocycles. The molecule has 0 saturated heterocycles. The lowest BCUT2D eigenvalue weighted by Gasteiger charge is -2.20. The first-order valence-corrected chi connectivity index (χ1v) is 5.61. The number of carbonyl (C=O) groups is 1. The normalized spacial score (nSPS) is 38.4. The Bertz CT molecular complexity index is 377. The van der Waals surface area contributed by atoms with Crippen LogP contribution in [0.15, 0.2) is 5.16 Å². The molecule has 0 aromatic heterocycles. The van der Waals surface area contributed by atoms with E-state index in [9.17, 15) is 4.79 Å². The van der Waals surface area contributed by atoms with Crippen molar-refractivity contribution in [2.45, 2.75) is 18.2 Å². The number of nitriles is 1. The number of carbonyl (C=O) groups excluding carboxylic acids is 1. The first-order valence-electron chi connectivity index (χ1n) is 5.17. The monoisotopic (exact) mass is 241 g/mol. The lowest BCUT2D eigenvalue weighted by molar-refractivity contribution is 0.152. The van der Waals surface area contributed by atoms with Crippen LogP contribution in [0.3, 0.4) is 0 Å². The predicted octanol–water partition coefficient (Wildman–Crippen LogP) is 1.49. The minimum atomic E-state index is -0.618. The van der Waals surface area contributed by atoms with Crippen molar-refractivity contribution in [3.05, 3.63) is 0 Å². The Hall–Kier alpha value is -1.28. The average Bonchev–Trinajstić information content (AvgIpc) is 2.84. The highest BCUT2D eigenvalue weighted by molar-refractivity contribution is 6.33. The molecule has 0 aromatic rings. The third-order valence-corrected chi connectivity index (χ3v) is 3.86. The zero-order valence-corrected chi connectivity index (χ0v) is 9.57. The van der Waals surface area contributed by atoms with Gasteiger partial charge < -0.3 is 5.32 Å². The number of nitrogens with zero attached hydrogens (tertiary/aromatic N) is 2. The van der Waals surface area contributed by atoms with Crippen molar-refractivity contribution in [1.82, 2.24) is 5.32 Å². The molecular formula is C10H12ClN3O2. The first-order chi connectivity index (χ1) is 7.67. The average molecular weight is 242 g/mol. The Balaban J connectivity index is 2.10. The van der Waals surface area contributed by atoms with E-state index in [4.69, 9.17) is 16.9 Å². The highest BCUT2D eigenvalue weighted by Gasteiger charge is 2.50. The summed E-state index contributed by atoms with van der Waals surface area (Å²) in [6, 6.07) is 2.25. The van der Waals surface area contributed by atoms with Crippen molar-refractivity contribution in [2.24, 2.45) is 22.9 Å². The van der Waals surface area contributed by atoms with Crippen LogP contribution in [0.1, 0.15) is 12.8 Å². The van der Waals surface area contributed by atoms with Crippen LogP contribution >= 0.6 is 11.6 Å². The number of hydrogen-bond donors (Lipinski definition) is 1. The molecule has 0 spiro atoms. The fraction of sp³-hybridized carbons (Fsp3) is 0.700. The molecule has 4 atom stereocenters. The van der Waals surface area contributed by atoms with Gasteiger partial charge in [-0.3, -0.25) is 4.84 Å². The number of oxime groups is 1. The van der Waals surface area contributed by atoms with Crippen molar-refractivity contribution in [2.75, 3.05) is 7.05 Å². The number of rotatable bonds is 1. The molecule has 2 rings (SSSR count). The zero-order chi connectivity index (χ0) is 11.7. The quantitative estimate of drug-likeness (QED) is 0.429. The minimum absolute atomic E-state index is 0.0352. The summed E-state index contributed by atoms with van der Waals surface area (Å²) in [5, 5.41) is 14.8. The number of amides is 1. The van der Waals surface area contributed by atoms with Crippen molar-refractivity contribution in [3.8, 4) is 6.07 Å². The van der Waals surface area contributed by atoms with Gasteiger partial charge >= 0.3 is 6.09 Å². The second-order valence-electron chi connectivity index (χ2n) is 4.12. The lowest BCUT2D eigenvalue weighted by atomic mass is 9.88. The van der Waals surface area contributed by atoms with Gasteiger partial charge in [0, 0.05) is 13.0 Å². The van der Waals surface area contributed by atoms with E-state index < -0.39 is 6.09 Å². The second-order valence-corrected chi connectivity index (χ2v) is 4.59. The summed E-state index contributed by atoms with van der Waals surface area (Å²) in [5.41, 5.74) is 0.646. The summed E-state index contributed by atoms with van der Waals surface area (Å²) in [6.45, 7) is 0. The van der Waals surface area contributed by atoms with Crippen molar-refractivity contribution >= 4 is 23.4 Å². The van der Waals surface area contributed by atoms with E-state index in [2.05, 4.69) is 21.4 Å². The van der Waals surface area contributed by atoms with Gasteiger partial charge in [0.05, 0.1) is 23.1 Å². The molecule has 2 aliphatic carbocycles. The molecule has 2 saturated carbocycles. The van der Waals surface area contributed by atoms with Gasteiger partial charge in [0.2, 0.25) is 0 Å². The zero-order valence-electron chi connectivity index (χ0n) is 8.81. The van der Waals surface area contributed by atoms with Crippen LogP contribution in [0.2, 0.25) is 0 Å². The third kappa shape index (κ3) is 1.74. The van der Waals surface area contributed by atoms with Gasteiger partial charge in [0.15, 0.2) is 0 Å². The van der Waals surface area contributed by atoms with Crippen LogP contribution < -0.4 is 5.32 Å². The van der Waals surface area contributed by atoms with E-state index in [1.165, 1.54) is 7.05 Å². The molecule has 0 aromatic carbocycles. The maximum Gasteiger partial charge on any atom is 0.433 e. The van der Waals surface area contributed by atoms with Gasteiger partial charge in [-0.2, -0.15) is 5.26 Å². The van der Waals surface area contributed by atoms with E-state index in [0.717, 1.165) is 12.8 Å². The van der Waals surface area contributed by atoms with E-state index in [1.807, 2.05) is 0 Å². The van der Waals surface area contributed by atoms with E-state index in [0.29, 0.717) is 11.6 Å². The number of halogens is 1. The molecule has 1 N–H and O–H groups in total. The third-order valence-electron chi connectivity index (χ3n) is 3.28.